The van der Waals surface area contributed by atoms with Crippen LogP contribution in [0.4, 0.5) is 11.5 Å². The lowest BCUT2D eigenvalue weighted by Gasteiger charge is -2.36. The summed E-state index contributed by atoms with van der Waals surface area (Å²) in [5.74, 6) is 0.955. The summed E-state index contributed by atoms with van der Waals surface area (Å²) in [5, 5.41) is 0. The molecule has 0 saturated carbocycles. The van der Waals surface area contributed by atoms with Gasteiger partial charge in [0.2, 0.25) is 0 Å². The molecule has 0 N–H and O–H groups in total. The predicted molar refractivity (Wildman–Crippen MR) is 76.1 cm³/mol. The highest BCUT2D eigenvalue weighted by atomic mass is 79.9. The molecule has 0 radical (unpaired) electrons. The Bertz CT molecular complexity index is 570. The molecule has 0 spiro atoms. The monoisotopic (exact) mass is 303 g/mol. The van der Waals surface area contributed by atoms with Gasteiger partial charge in [0.05, 0.1) is 0 Å². The van der Waals surface area contributed by atoms with Gasteiger partial charge in [-0.3, -0.25) is 0 Å². The van der Waals surface area contributed by atoms with E-state index in [4.69, 9.17) is 0 Å². The molecule has 4 heteroatoms. The number of hydrogen-bond donors (Lipinski definition) is 0. The average molecular weight is 304 g/mol. The average Bonchev–Trinajstić information content (AvgIpc) is 2.38. The number of aromatic nitrogens is 2. The van der Waals surface area contributed by atoms with Gasteiger partial charge in [-0.2, -0.15) is 0 Å². The highest BCUT2D eigenvalue weighted by Gasteiger charge is 2.24. The second-order valence-electron chi connectivity index (χ2n) is 4.59. The summed E-state index contributed by atoms with van der Waals surface area (Å²) in [6.07, 6.45) is 3.89. The van der Waals surface area contributed by atoms with Crippen LogP contribution >= 0.6 is 15.9 Å². The lowest BCUT2D eigenvalue weighted by Crippen LogP contribution is -2.33. The zero-order valence-electron chi connectivity index (χ0n) is 10.2. The van der Waals surface area contributed by atoms with Gasteiger partial charge in [-0.05, 0) is 47.3 Å². The van der Waals surface area contributed by atoms with Crippen LogP contribution < -0.4 is 4.90 Å². The molecule has 0 fully saturated rings. The quantitative estimate of drug-likeness (QED) is 0.752. The molecule has 2 heterocycles. The molecule has 1 aliphatic rings. The summed E-state index contributed by atoms with van der Waals surface area (Å²) in [6, 6.07) is 11.0. The second kappa shape index (κ2) is 4.69. The molecule has 0 aliphatic carbocycles. The van der Waals surface area contributed by atoms with Gasteiger partial charge < -0.3 is 4.90 Å². The minimum atomic E-state index is 0.460. The SMILES string of the molecule is CC1CCc2ccccc2N1c1cc(Br)ncn1. The topological polar surface area (TPSA) is 29.0 Å². The summed E-state index contributed by atoms with van der Waals surface area (Å²) in [4.78, 5) is 10.8. The molecule has 3 rings (SSSR count). The number of para-hydroxylation sites is 1. The van der Waals surface area contributed by atoms with Gasteiger partial charge >= 0.3 is 0 Å². The number of hydrogen-bond acceptors (Lipinski definition) is 3. The molecule has 1 aliphatic heterocycles. The maximum atomic E-state index is 4.40. The lowest BCUT2D eigenvalue weighted by atomic mass is 9.97. The Hall–Kier alpha value is -1.42. The van der Waals surface area contributed by atoms with E-state index in [0.29, 0.717) is 6.04 Å². The van der Waals surface area contributed by atoms with Crippen LogP contribution in [0.5, 0.6) is 0 Å². The summed E-state index contributed by atoms with van der Waals surface area (Å²) >= 11 is 3.41. The number of benzene rings is 1. The number of rotatable bonds is 1. The Kier molecular flexibility index (Phi) is 3.04. The number of halogens is 1. The fraction of sp³-hybridized carbons (Fsp3) is 0.286. The van der Waals surface area contributed by atoms with Crippen molar-refractivity contribution in [2.24, 2.45) is 0 Å². The molecule has 3 nitrogen and oxygen atoms in total. The van der Waals surface area contributed by atoms with Gasteiger partial charge in [0.1, 0.15) is 16.7 Å². The molecule has 0 amide bonds. The van der Waals surface area contributed by atoms with Gasteiger partial charge in [-0.1, -0.05) is 18.2 Å². The molecular formula is C14H14BrN3. The fourth-order valence-electron chi connectivity index (χ4n) is 2.49. The lowest BCUT2D eigenvalue weighted by molar-refractivity contribution is 0.612. The van der Waals surface area contributed by atoms with Crippen LogP contribution in [0.3, 0.4) is 0 Å². The first-order chi connectivity index (χ1) is 8.75. The molecule has 0 bridgehead atoms. The number of nitrogens with zero attached hydrogens (tertiary/aromatic N) is 3. The molecule has 1 unspecified atom stereocenters. The minimum absolute atomic E-state index is 0.460. The van der Waals surface area contributed by atoms with Crippen molar-refractivity contribution in [3.05, 3.63) is 46.8 Å². The predicted octanol–water partition coefficient (Wildman–Crippen LogP) is 3.71. The van der Waals surface area contributed by atoms with E-state index in [2.05, 4.69) is 62.0 Å². The highest BCUT2D eigenvalue weighted by molar-refractivity contribution is 9.10. The maximum Gasteiger partial charge on any atom is 0.137 e. The van der Waals surface area contributed by atoms with Crippen molar-refractivity contribution >= 4 is 27.4 Å². The molecule has 1 atom stereocenters. The zero-order valence-corrected chi connectivity index (χ0v) is 11.8. The van der Waals surface area contributed by atoms with Crippen molar-refractivity contribution in [1.29, 1.82) is 0 Å². The van der Waals surface area contributed by atoms with Gasteiger partial charge in [0, 0.05) is 17.8 Å². The number of anilines is 2. The smallest absolute Gasteiger partial charge is 0.137 e. The van der Waals surface area contributed by atoms with Crippen LogP contribution in [0.25, 0.3) is 0 Å². The zero-order chi connectivity index (χ0) is 12.5. The Morgan fingerprint density at radius 2 is 2.11 bits per heavy atom. The first kappa shape index (κ1) is 11.7. The van der Waals surface area contributed by atoms with Crippen molar-refractivity contribution in [3.8, 4) is 0 Å². The molecule has 0 saturated heterocycles. The third kappa shape index (κ3) is 2.01. The molecule has 2 aromatic rings. The standard InChI is InChI=1S/C14H14BrN3/c1-10-6-7-11-4-2-3-5-12(11)18(10)14-8-13(15)16-9-17-14/h2-5,8-10H,6-7H2,1H3. The highest BCUT2D eigenvalue weighted by Crippen LogP contribution is 2.35. The number of fused-ring (bicyclic) bond motifs is 1. The third-order valence-electron chi connectivity index (χ3n) is 3.39. The molecule has 18 heavy (non-hydrogen) atoms. The summed E-state index contributed by atoms with van der Waals surface area (Å²) in [6.45, 7) is 2.24. The van der Waals surface area contributed by atoms with Crippen LogP contribution in [-0.4, -0.2) is 16.0 Å². The molecule has 1 aromatic carbocycles. The Balaban J connectivity index is 2.10. The van der Waals surface area contributed by atoms with Gasteiger partial charge in [0.25, 0.3) is 0 Å². The summed E-state index contributed by atoms with van der Waals surface area (Å²) in [7, 11) is 0. The van der Waals surface area contributed by atoms with E-state index < -0.39 is 0 Å². The summed E-state index contributed by atoms with van der Waals surface area (Å²) in [5.41, 5.74) is 2.66. The van der Waals surface area contributed by atoms with Gasteiger partial charge in [-0.15, -0.1) is 0 Å². The Labute approximate surface area is 115 Å². The Morgan fingerprint density at radius 1 is 1.28 bits per heavy atom. The van der Waals surface area contributed by atoms with Crippen molar-refractivity contribution in [2.45, 2.75) is 25.8 Å². The van der Waals surface area contributed by atoms with E-state index in [1.807, 2.05) is 6.07 Å². The van der Waals surface area contributed by atoms with E-state index in [0.717, 1.165) is 23.3 Å². The van der Waals surface area contributed by atoms with E-state index in [9.17, 15) is 0 Å². The van der Waals surface area contributed by atoms with Gasteiger partial charge in [0.15, 0.2) is 0 Å². The van der Waals surface area contributed by atoms with Crippen molar-refractivity contribution in [1.82, 2.24) is 9.97 Å². The van der Waals surface area contributed by atoms with Crippen molar-refractivity contribution in [3.63, 3.8) is 0 Å². The first-order valence-corrected chi connectivity index (χ1v) is 6.89. The second-order valence-corrected chi connectivity index (χ2v) is 5.40. The molecule has 1 aromatic heterocycles. The summed E-state index contributed by atoms with van der Waals surface area (Å²) < 4.78 is 0.822. The first-order valence-electron chi connectivity index (χ1n) is 6.10. The largest absolute Gasteiger partial charge is 0.323 e. The van der Waals surface area contributed by atoms with Gasteiger partial charge in [-0.25, -0.2) is 9.97 Å². The van der Waals surface area contributed by atoms with Crippen LogP contribution in [-0.2, 0) is 6.42 Å². The van der Waals surface area contributed by atoms with Crippen molar-refractivity contribution in [2.75, 3.05) is 4.90 Å². The Morgan fingerprint density at radius 3 is 2.94 bits per heavy atom. The fourth-order valence-corrected chi connectivity index (χ4v) is 2.79. The molecular weight excluding hydrogens is 290 g/mol. The molecule has 92 valence electrons. The third-order valence-corrected chi connectivity index (χ3v) is 3.82. The van der Waals surface area contributed by atoms with Crippen molar-refractivity contribution < 1.29 is 0 Å². The van der Waals surface area contributed by atoms with Crippen LogP contribution in [0.2, 0.25) is 0 Å². The minimum Gasteiger partial charge on any atom is -0.323 e. The number of aryl methyl sites for hydroxylation is 1. The van der Waals surface area contributed by atoms with Crippen LogP contribution in [0.1, 0.15) is 18.9 Å². The van der Waals surface area contributed by atoms with E-state index >= 15 is 0 Å². The van der Waals surface area contributed by atoms with Crippen LogP contribution in [0.15, 0.2) is 41.3 Å². The maximum absolute atomic E-state index is 4.40. The van der Waals surface area contributed by atoms with E-state index in [1.54, 1.807) is 6.33 Å². The normalized spacial score (nSPS) is 18.6. The van der Waals surface area contributed by atoms with Crippen LogP contribution in [0, 0.1) is 0 Å². The van der Waals surface area contributed by atoms with E-state index in [-0.39, 0.29) is 0 Å². The van der Waals surface area contributed by atoms with E-state index in [1.165, 1.54) is 11.3 Å².